The van der Waals surface area contributed by atoms with E-state index in [1.165, 1.54) is 19.6 Å². The highest BCUT2D eigenvalue weighted by Crippen LogP contribution is 2.07. The molecular weight excluding hydrogens is 296 g/mol. The van der Waals surface area contributed by atoms with Crippen LogP contribution in [0.5, 0.6) is 0 Å². The standard InChI is InChI=1S/C17H26N2O4/c1-13(20)19-16(12-23-3)17(21)18-11-15-8-6-14(7-9-15)5-4-10-22-2/h6-9,16H,4-5,10-12H2,1-3H3,(H,18,21)(H,19,20). The zero-order valence-corrected chi connectivity index (χ0v) is 14.1. The number of hydrogen-bond donors (Lipinski definition) is 2. The molecule has 1 rings (SSSR count). The third kappa shape index (κ3) is 7.76. The number of aryl methyl sites for hydroxylation is 1. The molecule has 2 amide bonds. The van der Waals surface area contributed by atoms with Crippen molar-refractivity contribution in [2.45, 2.75) is 32.4 Å². The second-order valence-electron chi connectivity index (χ2n) is 5.34. The molecule has 0 spiro atoms. The first-order chi connectivity index (χ1) is 11.1. The van der Waals surface area contributed by atoms with Crippen molar-refractivity contribution in [3.8, 4) is 0 Å². The molecule has 0 saturated carbocycles. The number of nitrogens with one attached hydrogen (secondary N) is 2. The zero-order chi connectivity index (χ0) is 17.1. The molecule has 1 aromatic rings. The van der Waals surface area contributed by atoms with Gasteiger partial charge in [0.05, 0.1) is 6.61 Å². The quantitative estimate of drug-likeness (QED) is 0.631. The van der Waals surface area contributed by atoms with Gasteiger partial charge in [-0.2, -0.15) is 0 Å². The molecule has 0 aliphatic carbocycles. The highest BCUT2D eigenvalue weighted by molar-refractivity contribution is 5.86. The lowest BCUT2D eigenvalue weighted by Crippen LogP contribution is -2.48. The SMILES string of the molecule is COCCCc1ccc(CNC(=O)C(COC)NC(C)=O)cc1. The maximum absolute atomic E-state index is 12.1. The lowest BCUT2D eigenvalue weighted by atomic mass is 10.1. The molecule has 1 atom stereocenters. The minimum atomic E-state index is -0.675. The van der Waals surface area contributed by atoms with Crippen molar-refractivity contribution < 1.29 is 19.1 Å². The number of benzene rings is 1. The van der Waals surface area contributed by atoms with E-state index in [-0.39, 0.29) is 18.4 Å². The van der Waals surface area contributed by atoms with Crippen molar-refractivity contribution >= 4 is 11.8 Å². The van der Waals surface area contributed by atoms with Gasteiger partial charge < -0.3 is 20.1 Å². The van der Waals surface area contributed by atoms with E-state index in [1.54, 1.807) is 7.11 Å². The maximum Gasteiger partial charge on any atom is 0.245 e. The summed E-state index contributed by atoms with van der Waals surface area (Å²) in [6.07, 6.45) is 1.96. The first-order valence-corrected chi connectivity index (χ1v) is 7.67. The van der Waals surface area contributed by atoms with Gasteiger partial charge in [-0.05, 0) is 24.0 Å². The van der Waals surface area contributed by atoms with E-state index in [0.29, 0.717) is 6.54 Å². The lowest BCUT2D eigenvalue weighted by Gasteiger charge is -2.16. The summed E-state index contributed by atoms with van der Waals surface area (Å²) in [5, 5.41) is 5.37. The summed E-state index contributed by atoms with van der Waals surface area (Å²) in [7, 11) is 3.19. The molecule has 0 radical (unpaired) electrons. The average molecular weight is 322 g/mol. The Labute approximate surface area is 137 Å². The third-order valence-electron chi connectivity index (χ3n) is 3.33. The Kier molecular flexibility index (Phi) is 8.94. The first-order valence-electron chi connectivity index (χ1n) is 7.67. The van der Waals surface area contributed by atoms with Crippen LogP contribution >= 0.6 is 0 Å². The van der Waals surface area contributed by atoms with Gasteiger partial charge in [-0.25, -0.2) is 0 Å². The summed E-state index contributed by atoms with van der Waals surface area (Å²) in [4.78, 5) is 23.2. The van der Waals surface area contributed by atoms with Gasteiger partial charge >= 0.3 is 0 Å². The molecule has 2 N–H and O–H groups in total. The Morgan fingerprint density at radius 2 is 1.74 bits per heavy atom. The van der Waals surface area contributed by atoms with Gasteiger partial charge in [0, 0.05) is 34.3 Å². The van der Waals surface area contributed by atoms with Crippen molar-refractivity contribution in [2.75, 3.05) is 27.4 Å². The van der Waals surface area contributed by atoms with Crippen LogP contribution in [0.25, 0.3) is 0 Å². The number of carbonyl (C=O) groups is 2. The van der Waals surface area contributed by atoms with Crippen LogP contribution in [0, 0.1) is 0 Å². The Bertz CT molecular complexity index is 488. The van der Waals surface area contributed by atoms with Gasteiger partial charge in [-0.3, -0.25) is 9.59 Å². The summed E-state index contributed by atoms with van der Waals surface area (Å²) in [5.41, 5.74) is 2.25. The number of amides is 2. The molecule has 6 heteroatoms. The largest absolute Gasteiger partial charge is 0.385 e. The summed E-state index contributed by atoms with van der Waals surface area (Å²) < 4.78 is 9.99. The van der Waals surface area contributed by atoms with Gasteiger partial charge in [0.1, 0.15) is 6.04 Å². The number of ether oxygens (including phenoxy) is 2. The van der Waals surface area contributed by atoms with Crippen LogP contribution < -0.4 is 10.6 Å². The molecule has 0 aromatic heterocycles. The molecule has 0 aliphatic heterocycles. The highest BCUT2D eigenvalue weighted by Gasteiger charge is 2.18. The molecule has 0 fully saturated rings. The van der Waals surface area contributed by atoms with Gasteiger partial charge in [0.15, 0.2) is 0 Å². The van der Waals surface area contributed by atoms with E-state index in [1.807, 2.05) is 12.1 Å². The minimum absolute atomic E-state index is 0.143. The molecule has 0 aliphatic rings. The zero-order valence-electron chi connectivity index (χ0n) is 14.1. The normalized spacial score (nSPS) is 11.8. The van der Waals surface area contributed by atoms with E-state index < -0.39 is 6.04 Å². The van der Waals surface area contributed by atoms with Gasteiger partial charge in [0.25, 0.3) is 0 Å². The predicted molar refractivity (Wildman–Crippen MR) is 88.0 cm³/mol. The van der Waals surface area contributed by atoms with Crippen molar-refractivity contribution in [1.82, 2.24) is 10.6 Å². The molecule has 6 nitrogen and oxygen atoms in total. The second-order valence-corrected chi connectivity index (χ2v) is 5.34. The summed E-state index contributed by atoms with van der Waals surface area (Å²) in [6, 6.07) is 7.42. The van der Waals surface area contributed by atoms with Gasteiger partial charge in [0.2, 0.25) is 11.8 Å². The van der Waals surface area contributed by atoms with E-state index in [9.17, 15) is 9.59 Å². The van der Waals surface area contributed by atoms with E-state index in [0.717, 1.165) is 25.0 Å². The molecule has 128 valence electrons. The van der Waals surface area contributed by atoms with Crippen molar-refractivity contribution in [2.24, 2.45) is 0 Å². The minimum Gasteiger partial charge on any atom is -0.385 e. The molecule has 0 saturated heterocycles. The highest BCUT2D eigenvalue weighted by atomic mass is 16.5. The summed E-state index contributed by atoms with van der Waals surface area (Å²) in [6.45, 7) is 2.68. The fraction of sp³-hybridized carbons (Fsp3) is 0.529. The lowest BCUT2D eigenvalue weighted by molar-refractivity contribution is -0.129. The topological polar surface area (TPSA) is 76.7 Å². The Morgan fingerprint density at radius 1 is 1.09 bits per heavy atom. The Morgan fingerprint density at radius 3 is 2.30 bits per heavy atom. The average Bonchev–Trinajstić information content (AvgIpc) is 2.53. The predicted octanol–water partition coefficient (Wildman–Crippen LogP) is 1.03. The molecule has 23 heavy (non-hydrogen) atoms. The summed E-state index contributed by atoms with van der Waals surface area (Å²) >= 11 is 0. The first kappa shape index (κ1) is 19.1. The van der Waals surface area contributed by atoms with Crippen LogP contribution in [0.4, 0.5) is 0 Å². The van der Waals surface area contributed by atoms with Crippen LogP contribution in [0.1, 0.15) is 24.5 Å². The van der Waals surface area contributed by atoms with Crippen molar-refractivity contribution in [1.29, 1.82) is 0 Å². The van der Waals surface area contributed by atoms with E-state index >= 15 is 0 Å². The van der Waals surface area contributed by atoms with Crippen LogP contribution in [0.15, 0.2) is 24.3 Å². The smallest absolute Gasteiger partial charge is 0.245 e. The monoisotopic (exact) mass is 322 g/mol. The Balaban J connectivity index is 2.46. The van der Waals surface area contributed by atoms with E-state index in [2.05, 4.69) is 22.8 Å². The summed E-state index contributed by atoms with van der Waals surface area (Å²) in [5.74, 6) is -0.520. The van der Waals surface area contributed by atoms with Crippen molar-refractivity contribution in [3.63, 3.8) is 0 Å². The Hall–Kier alpha value is -1.92. The number of rotatable bonds is 10. The molecule has 0 bridgehead atoms. The van der Waals surface area contributed by atoms with Crippen molar-refractivity contribution in [3.05, 3.63) is 35.4 Å². The molecular formula is C17H26N2O4. The fourth-order valence-corrected chi connectivity index (χ4v) is 2.15. The van der Waals surface area contributed by atoms with Crippen LogP contribution in [-0.2, 0) is 32.0 Å². The van der Waals surface area contributed by atoms with Crippen LogP contribution in [0.2, 0.25) is 0 Å². The fourth-order valence-electron chi connectivity index (χ4n) is 2.15. The number of methoxy groups -OCH3 is 2. The second kappa shape index (κ2) is 10.7. The van der Waals surface area contributed by atoms with Crippen LogP contribution in [0.3, 0.4) is 0 Å². The number of carbonyl (C=O) groups excluding carboxylic acids is 2. The van der Waals surface area contributed by atoms with Gasteiger partial charge in [-0.15, -0.1) is 0 Å². The third-order valence-corrected chi connectivity index (χ3v) is 3.33. The molecule has 1 unspecified atom stereocenters. The molecule has 1 aromatic carbocycles. The van der Waals surface area contributed by atoms with E-state index in [4.69, 9.17) is 9.47 Å². The van der Waals surface area contributed by atoms with Gasteiger partial charge in [-0.1, -0.05) is 24.3 Å². The maximum atomic E-state index is 12.1. The molecule has 0 heterocycles. The van der Waals surface area contributed by atoms with Crippen LogP contribution in [-0.4, -0.2) is 45.3 Å². The number of hydrogen-bond acceptors (Lipinski definition) is 4.